The summed E-state index contributed by atoms with van der Waals surface area (Å²) in [5, 5.41) is 7.71. The lowest BCUT2D eigenvalue weighted by atomic mass is 9.92. The maximum atomic E-state index is 13.2. The van der Waals surface area contributed by atoms with E-state index in [0.717, 1.165) is 29.9 Å². The number of carbonyl (C=O) groups excluding carboxylic acids is 1. The molecule has 1 atom stereocenters. The van der Waals surface area contributed by atoms with Gasteiger partial charge in [0.2, 0.25) is 5.95 Å². The first-order valence-corrected chi connectivity index (χ1v) is 10.7. The van der Waals surface area contributed by atoms with Gasteiger partial charge in [-0.3, -0.25) is 0 Å². The Bertz CT molecular complexity index is 1070. The summed E-state index contributed by atoms with van der Waals surface area (Å²) in [5.41, 5.74) is 4.19. The molecule has 2 heterocycles. The molecule has 1 N–H and O–H groups in total. The van der Waals surface area contributed by atoms with Gasteiger partial charge in [-0.15, -0.1) is 0 Å². The highest BCUT2D eigenvalue weighted by Gasteiger charge is 2.36. The van der Waals surface area contributed by atoms with Crippen molar-refractivity contribution in [1.82, 2.24) is 14.8 Å². The van der Waals surface area contributed by atoms with Gasteiger partial charge in [0.05, 0.1) is 17.9 Å². The van der Waals surface area contributed by atoms with Crippen molar-refractivity contribution in [3.63, 3.8) is 0 Å². The van der Waals surface area contributed by atoms with Gasteiger partial charge in [-0.1, -0.05) is 42.5 Å². The molecule has 1 aliphatic heterocycles. The number of hydrogen-bond donors (Lipinski definition) is 1. The van der Waals surface area contributed by atoms with E-state index in [2.05, 4.69) is 58.4 Å². The zero-order valence-electron chi connectivity index (χ0n) is 18.1. The zero-order valence-corrected chi connectivity index (χ0v) is 18.1. The van der Waals surface area contributed by atoms with Crippen LogP contribution in [0.15, 0.2) is 66.5 Å². The van der Waals surface area contributed by atoms with Crippen molar-refractivity contribution in [3.8, 4) is 0 Å². The molecule has 0 aliphatic carbocycles. The normalized spacial score (nSPS) is 15.3. The molecule has 0 bridgehead atoms. The first-order valence-electron chi connectivity index (χ1n) is 10.7. The van der Waals surface area contributed by atoms with Crippen LogP contribution in [0.4, 0.5) is 11.6 Å². The first kappa shape index (κ1) is 20.7. The molecule has 31 heavy (non-hydrogen) atoms. The average Bonchev–Trinajstić information content (AvgIpc) is 3.28. The van der Waals surface area contributed by atoms with Crippen LogP contribution in [0.5, 0.6) is 0 Å². The second-order valence-electron chi connectivity index (χ2n) is 7.19. The Morgan fingerprint density at radius 2 is 1.77 bits per heavy atom. The fourth-order valence-corrected chi connectivity index (χ4v) is 3.99. The number of ether oxygens (including phenoxy) is 1. The highest BCUT2D eigenvalue weighted by Crippen LogP contribution is 2.39. The number of esters is 1. The van der Waals surface area contributed by atoms with Gasteiger partial charge in [-0.25, -0.2) is 9.48 Å². The summed E-state index contributed by atoms with van der Waals surface area (Å²) in [6.07, 6.45) is 1.50. The summed E-state index contributed by atoms with van der Waals surface area (Å²) in [7, 11) is 0. The van der Waals surface area contributed by atoms with Crippen LogP contribution in [0, 0.1) is 0 Å². The fraction of sp³-hybridized carbons (Fsp3) is 0.292. The topological polar surface area (TPSA) is 72.3 Å². The molecule has 7 heteroatoms. The van der Waals surface area contributed by atoms with Crippen LogP contribution in [0.3, 0.4) is 0 Å². The minimum Gasteiger partial charge on any atom is -0.463 e. The molecular weight excluding hydrogens is 390 g/mol. The highest BCUT2D eigenvalue weighted by atomic mass is 16.5. The maximum absolute atomic E-state index is 13.2. The molecular formula is C24H27N5O2. The Kier molecular flexibility index (Phi) is 6.02. The van der Waals surface area contributed by atoms with Gasteiger partial charge in [-0.2, -0.15) is 10.1 Å². The maximum Gasteiger partial charge on any atom is 0.338 e. The number of anilines is 2. The Morgan fingerprint density at radius 3 is 2.42 bits per heavy atom. The molecule has 0 unspecified atom stereocenters. The third kappa shape index (κ3) is 3.91. The number of aromatic nitrogens is 3. The molecule has 7 nitrogen and oxygen atoms in total. The van der Waals surface area contributed by atoms with E-state index in [1.165, 1.54) is 6.33 Å². The van der Waals surface area contributed by atoms with E-state index in [-0.39, 0.29) is 5.97 Å². The molecule has 0 spiro atoms. The molecule has 1 aliphatic rings. The average molecular weight is 418 g/mol. The van der Waals surface area contributed by atoms with Crippen molar-refractivity contribution in [3.05, 3.63) is 77.6 Å². The van der Waals surface area contributed by atoms with E-state index in [4.69, 9.17) is 4.74 Å². The molecule has 0 fully saturated rings. The zero-order chi connectivity index (χ0) is 21.8. The third-order valence-electron chi connectivity index (χ3n) is 5.49. The summed E-state index contributed by atoms with van der Waals surface area (Å²) < 4.78 is 7.21. The van der Waals surface area contributed by atoms with Crippen molar-refractivity contribution in [2.75, 3.05) is 29.9 Å². The SMILES string of the molecule is CCOC(=O)C1=C(c2ccccc2)Nc2ncnn2[C@H]1c1ccc(N(CC)CC)cc1. The quantitative estimate of drug-likeness (QED) is 0.583. The van der Waals surface area contributed by atoms with Gasteiger partial charge in [0.1, 0.15) is 12.4 Å². The molecule has 1 aromatic heterocycles. The summed E-state index contributed by atoms with van der Waals surface area (Å²) in [6, 6.07) is 17.6. The minimum atomic E-state index is -0.446. The molecule has 160 valence electrons. The lowest BCUT2D eigenvalue weighted by Crippen LogP contribution is -2.30. The van der Waals surface area contributed by atoms with Crippen molar-refractivity contribution >= 4 is 23.3 Å². The number of hydrogen-bond acceptors (Lipinski definition) is 6. The predicted molar refractivity (Wildman–Crippen MR) is 122 cm³/mol. The smallest absolute Gasteiger partial charge is 0.338 e. The Morgan fingerprint density at radius 1 is 1.06 bits per heavy atom. The molecule has 0 saturated heterocycles. The number of benzene rings is 2. The lowest BCUT2D eigenvalue weighted by molar-refractivity contribution is -0.138. The Labute approximate surface area is 182 Å². The van der Waals surface area contributed by atoms with Crippen molar-refractivity contribution in [2.24, 2.45) is 0 Å². The van der Waals surface area contributed by atoms with Gasteiger partial charge in [0.15, 0.2) is 0 Å². The van der Waals surface area contributed by atoms with E-state index in [1.807, 2.05) is 37.3 Å². The second-order valence-corrected chi connectivity index (χ2v) is 7.19. The van der Waals surface area contributed by atoms with Gasteiger partial charge < -0.3 is 15.0 Å². The monoisotopic (exact) mass is 417 g/mol. The van der Waals surface area contributed by atoms with Crippen LogP contribution >= 0.6 is 0 Å². The molecule has 0 saturated carbocycles. The number of nitrogens with one attached hydrogen (secondary N) is 1. The van der Waals surface area contributed by atoms with Crippen LogP contribution in [-0.2, 0) is 9.53 Å². The van der Waals surface area contributed by atoms with E-state index >= 15 is 0 Å². The molecule has 2 aromatic carbocycles. The highest BCUT2D eigenvalue weighted by molar-refractivity contribution is 6.02. The standard InChI is InChI=1S/C24H27N5O2/c1-4-28(5-2)19-14-12-18(13-15-19)22-20(23(30)31-6-3)21(17-10-8-7-9-11-17)27-24-25-16-26-29(22)24/h7-16,22H,4-6H2,1-3H3,(H,25,26,27)/t22-/m0/s1. The van der Waals surface area contributed by atoms with Gasteiger partial charge in [-0.05, 0) is 44.0 Å². The lowest BCUT2D eigenvalue weighted by Gasteiger charge is -2.30. The third-order valence-corrected chi connectivity index (χ3v) is 5.49. The van der Waals surface area contributed by atoms with Crippen molar-refractivity contribution in [2.45, 2.75) is 26.8 Å². The van der Waals surface area contributed by atoms with Crippen molar-refractivity contribution < 1.29 is 9.53 Å². The van der Waals surface area contributed by atoms with Gasteiger partial charge in [0, 0.05) is 18.8 Å². The fourth-order valence-electron chi connectivity index (χ4n) is 3.99. The van der Waals surface area contributed by atoms with Crippen molar-refractivity contribution in [1.29, 1.82) is 0 Å². The van der Waals surface area contributed by atoms with E-state index in [1.54, 1.807) is 4.68 Å². The van der Waals surface area contributed by atoms with Crippen LogP contribution in [0.2, 0.25) is 0 Å². The Balaban J connectivity index is 1.87. The van der Waals surface area contributed by atoms with Gasteiger partial charge in [0.25, 0.3) is 0 Å². The Hall–Kier alpha value is -3.61. The molecule has 3 aromatic rings. The summed E-state index contributed by atoms with van der Waals surface area (Å²) in [6.45, 7) is 8.25. The molecule has 0 radical (unpaired) electrons. The number of fused-ring (bicyclic) bond motifs is 1. The van der Waals surface area contributed by atoms with Crippen LogP contribution in [0.1, 0.15) is 37.9 Å². The summed E-state index contributed by atoms with van der Waals surface area (Å²) >= 11 is 0. The van der Waals surface area contributed by atoms with Crippen LogP contribution < -0.4 is 10.2 Å². The second kappa shape index (κ2) is 9.04. The van der Waals surface area contributed by atoms with E-state index in [0.29, 0.717) is 23.8 Å². The van der Waals surface area contributed by atoms with Crippen LogP contribution in [-0.4, -0.2) is 40.4 Å². The first-order chi connectivity index (χ1) is 15.2. The molecule has 4 rings (SSSR count). The van der Waals surface area contributed by atoms with Crippen LogP contribution in [0.25, 0.3) is 5.70 Å². The number of nitrogens with zero attached hydrogens (tertiary/aromatic N) is 4. The minimum absolute atomic E-state index is 0.294. The molecule has 0 amide bonds. The number of carbonyl (C=O) groups is 1. The predicted octanol–water partition coefficient (Wildman–Crippen LogP) is 4.11. The van der Waals surface area contributed by atoms with E-state index in [9.17, 15) is 4.79 Å². The van der Waals surface area contributed by atoms with Gasteiger partial charge >= 0.3 is 5.97 Å². The summed E-state index contributed by atoms with van der Waals surface area (Å²) in [4.78, 5) is 19.8. The van der Waals surface area contributed by atoms with E-state index < -0.39 is 6.04 Å². The summed E-state index contributed by atoms with van der Waals surface area (Å²) in [5.74, 6) is 0.220. The largest absolute Gasteiger partial charge is 0.463 e. The number of rotatable bonds is 7.